The normalized spacial score (nSPS) is 11.8. The van der Waals surface area contributed by atoms with Crippen LogP contribution in [0.4, 0.5) is 0 Å². The van der Waals surface area contributed by atoms with E-state index < -0.39 is 0 Å². The highest BCUT2D eigenvalue weighted by molar-refractivity contribution is 6.08. The van der Waals surface area contributed by atoms with Gasteiger partial charge in [-0.3, -0.25) is 9.59 Å². The van der Waals surface area contributed by atoms with Crippen LogP contribution in [0, 0.1) is 0 Å². The predicted octanol–water partition coefficient (Wildman–Crippen LogP) is 4.07. The Hall–Kier alpha value is -3.80. The van der Waals surface area contributed by atoms with Crippen molar-refractivity contribution in [2.24, 2.45) is 0 Å². The van der Waals surface area contributed by atoms with Gasteiger partial charge in [0.2, 0.25) is 6.79 Å². The molecule has 158 valence electrons. The Morgan fingerprint density at radius 1 is 0.903 bits per heavy atom. The van der Waals surface area contributed by atoms with E-state index in [1.165, 1.54) is 0 Å². The summed E-state index contributed by atoms with van der Waals surface area (Å²) in [5, 5.41) is 0. The van der Waals surface area contributed by atoms with Crippen LogP contribution in [-0.2, 0) is 11.3 Å². The van der Waals surface area contributed by atoms with Crippen molar-refractivity contribution in [3.63, 3.8) is 0 Å². The minimum Gasteiger partial charge on any atom is -0.484 e. The molecule has 0 unspecified atom stereocenters. The zero-order valence-corrected chi connectivity index (χ0v) is 17.2. The molecule has 0 aromatic heterocycles. The van der Waals surface area contributed by atoms with E-state index >= 15 is 0 Å². The second kappa shape index (κ2) is 9.34. The van der Waals surface area contributed by atoms with E-state index in [2.05, 4.69) is 0 Å². The van der Waals surface area contributed by atoms with E-state index in [1.54, 1.807) is 41.3 Å². The molecular formula is C25H23NO5. The van der Waals surface area contributed by atoms with Crippen LogP contribution in [-0.4, -0.2) is 36.5 Å². The highest BCUT2D eigenvalue weighted by atomic mass is 16.7. The number of ether oxygens (including phenoxy) is 3. The standard InChI is InChI=1S/C25H23NO5/c1-2-26(15-18-8-13-22-23(14-18)31-17-30-22)24(27)16-29-21-11-9-20(10-12-21)25(28)19-6-4-3-5-7-19/h3-14H,2,15-17H2,1H3. The van der Waals surface area contributed by atoms with Gasteiger partial charge in [0.1, 0.15) is 5.75 Å². The smallest absolute Gasteiger partial charge is 0.260 e. The third-order valence-electron chi connectivity index (χ3n) is 5.06. The minimum absolute atomic E-state index is 0.0517. The topological polar surface area (TPSA) is 65.1 Å². The van der Waals surface area contributed by atoms with Crippen LogP contribution < -0.4 is 14.2 Å². The summed E-state index contributed by atoms with van der Waals surface area (Å²) in [6.07, 6.45) is 0. The summed E-state index contributed by atoms with van der Waals surface area (Å²) < 4.78 is 16.4. The lowest BCUT2D eigenvalue weighted by Gasteiger charge is -2.21. The lowest BCUT2D eigenvalue weighted by Crippen LogP contribution is -2.34. The van der Waals surface area contributed by atoms with E-state index in [9.17, 15) is 9.59 Å². The number of carbonyl (C=O) groups excluding carboxylic acids is 2. The summed E-state index contributed by atoms with van der Waals surface area (Å²) in [4.78, 5) is 26.8. The average Bonchev–Trinajstić information content (AvgIpc) is 3.29. The highest BCUT2D eigenvalue weighted by Crippen LogP contribution is 2.32. The van der Waals surface area contributed by atoms with E-state index in [4.69, 9.17) is 14.2 Å². The maximum Gasteiger partial charge on any atom is 0.260 e. The molecule has 0 bridgehead atoms. The lowest BCUT2D eigenvalue weighted by molar-refractivity contribution is -0.133. The quantitative estimate of drug-likeness (QED) is 0.517. The van der Waals surface area contributed by atoms with E-state index in [-0.39, 0.29) is 25.1 Å². The lowest BCUT2D eigenvalue weighted by atomic mass is 10.0. The molecule has 4 rings (SSSR count). The number of rotatable bonds is 8. The summed E-state index contributed by atoms with van der Waals surface area (Å²) >= 11 is 0. The first-order valence-corrected chi connectivity index (χ1v) is 10.1. The number of fused-ring (bicyclic) bond motifs is 1. The number of hydrogen-bond acceptors (Lipinski definition) is 5. The van der Waals surface area contributed by atoms with E-state index in [0.717, 1.165) is 11.3 Å². The van der Waals surface area contributed by atoms with Crippen molar-refractivity contribution in [3.05, 3.63) is 89.5 Å². The molecule has 0 saturated heterocycles. The Morgan fingerprint density at radius 3 is 2.35 bits per heavy atom. The van der Waals surface area contributed by atoms with Crippen molar-refractivity contribution in [1.82, 2.24) is 4.90 Å². The number of hydrogen-bond donors (Lipinski definition) is 0. The molecule has 1 aliphatic heterocycles. The first-order valence-electron chi connectivity index (χ1n) is 10.1. The highest BCUT2D eigenvalue weighted by Gasteiger charge is 2.17. The third-order valence-corrected chi connectivity index (χ3v) is 5.06. The molecule has 0 aliphatic carbocycles. The third kappa shape index (κ3) is 4.86. The largest absolute Gasteiger partial charge is 0.484 e. The van der Waals surface area contributed by atoms with Gasteiger partial charge >= 0.3 is 0 Å². The molecule has 1 aliphatic rings. The van der Waals surface area contributed by atoms with Crippen molar-refractivity contribution in [1.29, 1.82) is 0 Å². The van der Waals surface area contributed by atoms with Crippen molar-refractivity contribution < 1.29 is 23.8 Å². The first kappa shape index (κ1) is 20.5. The number of amides is 1. The molecule has 0 saturated carbocycles. The van der Waals surface area contributed by atoms with Gasteiger partial charge in [-0.1, -0.05) is 36.4 Å². The zero-order chi connectivity index (χ0) is 21.6. The first-order chi connectivity index (χ1) is 15.1. The molecule has 3 aromatic carbocycles. The molecule has 0 spiro atoms. The molecule has 6 heteroatoms. The van der Waals surface area contributed by atoms with Gasteiger partial charge < -0.3 is 19.1 Å². The van der Waals surface area contributed by atoms with Crippen LogP contribution in [0.5, 0.6) is 17.2 Å². The number of nitrogens with zero attached hydrogens (tertiary/aromatic N) is 1. The van der Waals surface area contributed by atoms with Gasteiger partial charge in [0.15, 0.2) is 23.9 Å². The summed E-state index contributed by atoms with van der Waals surface area (Å²) in [5.74, 6) is 1.78. The van der Waals surface area contributed by atoms with Gasteiger partial charge in [-0.2, -0.15) is 0 Å². The van der Waals surface area contributed by atoms with Crippen LogP contribution >= 0.6 is 0 Å². The predicted molar refractivity (Wildman–Crippen MR) is 115 cm³/mol. The minimum atomic E-state index is -0.121. The fourth-order valence-corrected chi connectivity index (χ4v) is 3.33. The van der Waals surface area contributed by atoms with Crippen LogP contribution in [0.3, 0.4) is 0 Å². The van der Waals surface area contributed by atoms with Crippen LogP contribution in [0.1, 0.15) is 28.4 Å². The monoisotopic (exact) mass is 417 g/mol. The second-order valence-corrected chi connectivity index (χ2v) is 7.10. The molecule has 1 heterocycles. The van der Waals surface area contributed by atoms with E-state index in [0.29, 0.717) is 35.7 Å². The molecule has 0 N–H and O–H groups in total. The average molecular weight is 417 g/mol. The van der Waals surface area contributed by atoms with Gasteiger partial charge in [-0.05, 0) is 48.9 Å². The Bertz CT molecular complexity index is 1060. The molecular weight excluding hydrogens is 394 g/mol. The molecule has 3 aromatic rings. The fourth-order valence-electron chi connectivity index (χ4n) is 3.33. The van der Waals surface area contributed by atoms with Crippen molar-refractivity contribution >= 4 is 11.7 Å². The van der Waals surface area contributed by atoms with Crippen LogP contribution in [0.2, 0.25) is 0 Å². The molecule has 0 atom stereocenters. The van der Waals surface area contributed by atoms with Crippen LogP contribution in [0.25, 0.3) is 0 Å². The summed E-state index contributed by atoms with van der Waals surface area (Å²) in [6, 6.07) is 21.6. The Morgan fingerprint density at radius 2 is 1.61 bits per heavy atom. The molecule has 31 heavy (non-hydrogen) atoms. The van der Waals surface area contributed by atoms with E-state index in [1.807, 2.05) is 43.3 Å². The Kier molecular flexibility index (Phi) is 6.17. The number of carbonyl (C=O) groups is 2. The fraction of sp³-hybridized carbons (Fsp3) is 0.200. The maximum atomic E-state index is 12.6. The van der Waals surface area contributed by atoms with Crippen molar-refractivity contribution in [2.45, 2.75) is 13.5 Å². The maximum absolute atomic E-state index is 12.6. The molecule has 0 fully saturated rings. The number of likely N-dealkylation sites (N-methyl/N-ethyl adjacent to an activating group) is 1. The summed E-state index contributed by atoms with van der Waals surface area (Å²) in [7, 11) is 0. The van der Waals surface area contributed by atoms with Gasteiger partial charge in [0.05, 0.1) is 0 Å². The Labute approximate surface area is 181 Å². The van der Waals surface area contributed by atoms with Crippen LogP contribution in [0.15, 0.2) is 72.8 Å². The summed E-state index contributed by atoms with van der Waals surface area (Å²) in [5.41, 5.74) is 2.17. The molecule has 1 amide bonds. The molecule has 6 nitrogen and oxygen atoms in total. The number of ketones is 1. The molecule has 0 radical (unpaired) electrons. The van der Waals surface area contributed by atoms with Gasteiger partial charge in [0.25, 0.3) is 5.91 Å². The van der Waals surface area contributed by atoms with Crippen molar-refractivity contribution in [2.75, 3.05) is 19.9 Å². The van der Waals surface area contributed by atoms with Gasteiger partial charge in [0, 0.05) is 24.2 Å². The number of benzene rings is 3. The Balaban J connectivity index is 1.33. The SMILES string of the molecule is CCN(Cc1ccc2c(c1)OCO2)C(=O)COc1ccc(C(=O)c2ccccc2)cc1. The van der Waals surface area contributed by atoms with Crippen molar-refractivity contribution in [3.8, 4) is 17.2 Å². The zero-order valence-electron chi connectivity index (χ0n) is 17.2. The van der Waals surface area contributed by atoms with Gasteiger partial charge in [-0.15, -0.1) is 0 Å². The van der Waals surface area contributed by atoms with Gasteiger partial charge in [-0.25, -0.2) is 0 Å². The second-order valence-electron chi connectivity index (χ2n) is 7.10. The summed E-state index contributed by atoms with van der Waals surface area (Å²) in [6.45, 7) is 3.08.